The third-order valence-electron chi connectivity index (χ3n) is 2.22. The molecule has 0 aromatic heterocycles. The summed E-state index contributed by atoms with van der Waals surface area (Å²) in [6.45, 7) is 2.11. The molecule has 3 heteroatoms. The van der Waals surface area contributed by atoms with Crippen LogP contribution in [-0.4, -0.2) is 26.2 Å². The number of ether oxygens (including phenoxy) is 1. The van der Waals surface area contributed by atoms with Crippen LogP contribution >= 0.6 is 0 Å². The second-order valence-electron chi connectivity index (χ2n) is 3.23. The summed E-state index contributed by atoms with van der Waals surface area (Å²) in [6.07, 6.45) is 0. The molecule has 0 atom stereocenters. The Morgan fingerprint density at radius 2 is 2.31 bits per heavy atom. The van der Waals surface area contributed by atoms with Crippen molar-refractivity contribution in [2.45, 2.75) is 6.04 Å². The van der Waals surface area contributed by atoms with Crippen LogP contribution in [0.2, 0.25) is 0 Å². The lowest BCUT2D eigenvalue weighted by Crippen LogP contribution is -2.51. The molecule has 1 aliphatic rings. The van der Waals surface area contributed by atoms with Gasteiger partial charge in [0, 0.05) is 24.8 Å². The predicted octanol–water partition coefficient (Wildman–Crippen LogP) is 1.08. The number of benzene rings is 1. The molecule has 1 aromatic carbocycles. The molecule has 1 heterocycles. The molecule has 0 bridgehead atoms. The highest BCUT2D eigenvalue weighted by molar-refractivity contribution is 5.49. The van der Waals surface area contributed by atoms with Gasteiger partial charge in [-0.1, -0.05) is 6.07 Å². The zero-order chi connectivity index (χ0) is 9.10. The molecule has 2 N–H and O–H groups in total. The van der Waals surface area contributed by atoms with Crippen molar-refractivity contribution in [2.75, 3.05) is 25.5 Å². The van der Waals surface area contributed by atoms with Crippen LogP contribution < -0.4 is 15.4 Å². The van der Waals surface area contributed by atoms with Crippen molar-refractivity contribution in [1.82, 2.24) is 5.32 Å². The minimum absolute atomic E-state index is 0.576. The Morgan fingerprint density at radius 3 is 2.92 bits per heavy atom. The second kappa shape index (κ2) is 3.66. The standard InChI is InChI=1S/C10H14N2O/c1-13-10-4-2-3-8(5-10)12-9-6-11-7-9/h2-5,9,11-12H,6-7H2,1H3. The van der Waals surface area contributed by atoms with Crippen LogP contribution in [0.4, 0.5) is 5.69 Å². The number of hydrogen-bond donors (Lipinski definition) is 2. The Morgan fingerprint density at radius 1 is 1.46 bits per heavy atom. The first-order chi connectivity index (χ1) is 6.38. The van der Waals surface area contributed by atoms with Gasteiger partial charge in [0.25, 0.3) is 0 Å². The summed E-state index contributed by atoms with van der Waals surface area (Å²) in [4.78, 5) is 0. The minimum atomic E-state index is 0.576. The lowest BCUT2D eigenvalue weighted by atomic mass is 10.1. The fourth-order valence-corrected chi connectivity index (χ4v) is 1.34. The van der Waals surface area contributed by atoms with Gasteiger partial charge in [-0.3, -0.25) is 0 Å². The van der Waals surface area contributed by atoms with Gasteiger partial charge in [0.05, 0.1) is 13.2 Å². The Bertz CT molecular complexity index is 284. The summed E-state index contributed by atoms with van der Waals surface area (Å²) < 4.78 is 5.13. The summed E-state index contributed by atoms with van der Waals surface area (Å²) in [6, 6.07) is 8.59. The molecule has 3 nitrogen and oxygen atoms in total. The fourth-order valence-electron chi connectivity index (χ4n) is 1.34. The van der Waals surface area contributed by atoms with Crippen LogP contribution in [0.25, 0.3) is 0 Å². The van der Waals surface area contributed by atoms with E-state index in [2.05, 4.69) is 16.7 Å². The van der Waals surface area contributed by atoms with Crippen molar-refractivity contribution in [2.24, 2.45) is 0 Å². The maximum atomic E-state index is 5.13. The summed E-state index contributed by atoms with van der Waals surface area (Å²) in [5.41, 5.74) is 1.13. The van der Waals surface area contributed by atoms with Crippen molar-refractivity contribution < 1.29 is 4.74 Å². The molecule has 1 fully saturated rings. The van der Waals surface area contributed by atoms with Crippen LogP contribution in [0.3, 0.4) is 0 Å². The molecule has 13 heavy (non-hydrogen) atoms. The van der Waals surface area contributed by atoms with Gasteiger partial charge in [-0.15, -0.1) is 0 Å². The van der Waals surface area contributed by atoms with Crippen molar-refractivity contribution in [3.63, 3.8) is 0 Å². The van der Waals surface area contributed by atoms with E-state index in [4.69, 9.17) is 4.74 Å². The molecule has 0 spiro atoms. The number of methoxy groups -OCH3 is 1. The second-order valence-corrected chi connectivity index (χ2v) is 3.23. The van der Waals surface area contributed by atoms with Crippen LogP contribution in [0.15, 0.2) is 24.3 Å². The zero-order valence-corrected chi connectivity index (χ0v) is 7.71. The summed E-state index contributed by atoms with van der Waals surface area (Å²) in [5.74, 6) is 0.900. The van der Waals surface area contributed by atoms with Gasteiger partial charge in [-0.2, -0.15) is 0 Å². The first-order valence-corrected chi connectivity index (χ1v) is 4.50. The van der Waals surface area contributed by atoms with E-state index in [0.717, 1.165) is 24.5 Å². The number of anilines is 1. The summed E-state index contributed by atoms with van der Waals surface area (Å²) in [5, 5.41) is 6.63. The molecule has 0 saturated carbocycles. The minimum Gasteiger partial charge on any atom is -0.497 e. The molecule has 0 amide bonds. The van der Waals surface area contributed by atoms with E-state index in [0.29, 0.717) is 6.04 Å². The van der Waals surface area contributed by atoms with E-state index < -0.39 is 0 Å². The topological polar surface area (TPSA) is 33.3 Å². The van der Waals surface area contributed by atoms with Gasteiger partial charge in [0.1, 0.15) is 5.75 Å². The highest BCUT2D eigenvalue weighted by Crippen LogP contribution is 2.17. The SMILES string of the molecule is COc1cccc(NC2CNC2)c1. The van der Waals surface area contributed by atoms with Crippen molar-refractivity contribution in [3.8, 4) is 5.75 Å². The normalized spacial score (nSPS) is 16.4. The van der Waals surface area contributed by atoms with Gasteiger partial charge >= 0.3 is 0 Å². The van der Waals surface area contributed by atoms with Gasteiger partial charge in [0.15, 0.2) is 0 Å². The monoisotopic (exact) mass is 178 g/mol. The van der Waals surface area contributed by atoms with E-state index in [1.54, 1.807) is 7.11 Å². The molecule has 0 radical (unpaired) electrons. The van der Waals surface area contributed by atoms with Gasteiger partial charge in [0.2, 0.25) is 0 Å². The van der Waals surface area contributed by atoms with Gasteiger partial charge < -0.3 is 15.4 Å². The van der Waals surface area contributed by atoms with Crippen LogP contribution in [0.5, 0.6) is 5.75 Å². The molecule has 70 valence electrons. The maximum absolute atomic E-state index is 5.13. The van der Waals surface area contributed by atoms with Crippen molar-refractivity contribution >= 4 is 5.69 Å². The van der Waals surface area contributed by atoms with Crippen LogP contribution in [0.1, 0.15) is 0 Å². The van der Waals surface area contributed by atoms with E-state index >= 15 is 0 Å². The average Bonchev–Trinajstić information content (AvgIpc) is 2.12. The lowest BCUT2D eigenvalue weighted by molar-refractivity contribution is 0.414. The molecule has 0 unspecified atom stereocenters. The third-order valence-corrected chi connectivity index (χ3v) is 2.22. The number of hydrogen-bond acceptors (Lipinski definition) is 3. The lowest BCUT2D eigenvalue weighted by Gasteiger charge is -2.29. The smallest absolute Gasteiger partial charge is 0.120 e. The van der Waals surface area contributed by atoms with E-state index in [-0.39, 0.29) is 0 Å². The van der Waals surface area contributed by atoms with E-state index in [1.165, 1.54) is 0 Å². The molecule has 2 rings (SSSR count). The Labute approximate surface area is 78.1 Å². The molecule has 1 saturated heterocycles. The zero-order valence-electron chi connectivity index (χ0n) is 7.71. The van der Waals surface area contributed by atoms with Crippen molar-refractivity contribution in [1.29, 1.82) is 0 Å². The van der Waals surface area contributed by atoms with Crippen molar-refractivity contribution in [3.05, 3.63) is 24.3 Å². The Hall–Kier alpha value is -1.22. The van der Waals surface area contributed by atoms with Crippen LogP contribution in [-0.2, 0) is 0 Å². The summed E-state index contributed by atoms with van der Waals surface area (Å²) >= 11 is 0. The Balaban J connectivity index is 2.01. The highest BCUT2D eigenvalue weighted by atomic mass is 16.5. The summed E-state index contributed by atoms with van der Waals surface area (Å²) in [7, 11) is 1.68. The molecular formula is C10H14N2O. The highest BCUT2D eigenvalue weighted by Gasteiger charge is 2.15. The van der Waals surface area contributed by atoms with Gasteiger partial charge in [-0.25, -0.2) is 0 Å². The van der Waals surface area contributed by atoms with Gasteiger partial charge in [-0.05, 0) is 12.1 Å². The fraction of sp³-hybridized carbons (Fsp3) is 0.400. The molecule has 1 aromatic rings. The first-order valence-electron chi connectivity index (χ1n) is 4.50. The van der Waals surface area contributed by atoms with E-state index in [9.17, 15) is 0 Å². The average molecular weight is 178 g/mol. The first kappa shape index (κ1) is 8.38. The Kier molecular flexibility index (Phi) is 2.36. The largest absolute Gasteiger partial charge is 0.497 e. The predicted molar refractivity (Wildman–Crippen MR) is 53.3 cm³/mol. The number of rotatable bonds is 3. The van der Waals surface area contributed by atoms with E-state index in [1.807, 2.05) is 18.2 Å². The molecule has 1 aliphatic heterocycles. The number of nitrogens with one attached hydrogen (secondary N) is 2. The third kappa shape index (κ3) is 1.92. The molecular weight excluding hydrogens is 164 g/mol. The van der Waals surface area contributed by atoms with Crippen LogP contribution in [0, 0.1) is 0 Å². The maximum Gasteiger partial charge on any atom is 0.120 e. The quantitative estimate of drug-likeness (QED) is 0.726. The molecule has 0 aliphatic carbocycles.